The van der Waals surface area contributed by atoms with Gasteiger partial charge in [-0.15, -0.1) is 0 Å². The van der Waals surface area contributed by atoms with Crippen LogP contribution in [0.2, 0.25) is 0 Å². The Labute approximate surface area is 91.9 Å². The van der Waals surface area contributed by atoms with Crippen molar-refractivity contribution in [3.8, 4) is 0 Å². The number of halogens is 4. The smallest absolute Gasteiger partial charge is 0.762 e. The molecule has 0 aliphatic heterocycles. The van der Waals surface area contributed by atoms with Gasteiger partial charge in [-0.1, -0.05) is 13.8 Å². The molecular formula is C8H12BF4N3. The van der Waals surface area contributed by atoms with E-state index in [1.807, 2.05) is 26.8 Å². The van der Waals surface area contributed by atoms with E-state index in [9.17, 15) is 12.9 Å². The molecule has 3 nitrogen and oxygen atoms in total. The molecule has 0 saturated carbocycles. The topological polar surface area (TPSA) is 41.0 Å². The first-order chi connectivity index (χ1) is 7.07. The Morgan fingerprint density at radius 1 is 1.31 bits per heavy atom. The Morgan fingerprint density at radius 3 is 2.00 bits per heavy atom. The van der Waals surface area contributed by atoms with E-state index < -0.39 is 7.54 Å². The minimum absolute atomic E-state index is 0. The number of diazo groups is 1. The molecule has 0 amide bonds. The minimum atomic E-state index is -3.67. The summed E-state index contributed by atoms with van der Waals surface area (Å²) in [4.78, 5) is 6.74. The molecule has 0 aliphatic carbocycles. The van der Waals surface area contributed by atoms with Crippen molar-refractivity contribution in [3.05, 3.63) is 28.9 Å². The van der Waals surface area contributed by atoms with Crippen molar-refractivity contribution in [2.45, 2.75) is 20.8 Å². The lowest BCUT2D eigenvalue weighted by Gasteiger charge is -1.78. The van der Waals surface area contributed by atoms with E-state index in [0.29, 0.717) is 5.82 Å². The lowest BCUT2D eigenvalue weighted by molar-refractivity contribution is -0.00000642. The van der Waals surface area contributed by atoms with E-state index in [-0.39, 0.29) is 4.70 Å². The zero-order valence-electron chi connectivity index (χ0n) is 9.16. The van der Waals surface area contributed by atoms with E-state index in [1.165, 1.54) is 0 Å². The van der Waals surface area contributed by atoms with Gasteiger partial charge < -0.3 is 4.70 Å². The first-order valence-electron chi connectivity index (χ1n) is 4.27. The SMILES string of the molecule is CC.Cc1cccnc1[N+]#N.FB(F)F.[F-]. The van der Waals surface area contributed by atoms with Crippen LogP contribution in [0.4, 0.5) is 18.8 Å². The summed E-state index contributed by atoms with van der Waals surface area (Å²) in [6, 6.07) is 3.63. The van der Waals surface area contributed by atoms with Crippen molar-refractivity contribution in [1.82, 2.24) is 4.98 Å². The number of rotatable bonds is 0. The average molecular weight is 237 g/mol. The summed E-state index contributed by atoms with van der Waals surface area (Å²) < 4.78 is 29.0. The molecule has 0 atom stereocenters. The van der Waals surface area contributed by atoms with Crippen molar-refractivity contribution in [1.29, 1.82) is 5.39 Å². The van der Waals surface area contributed by atoms with Crippen LogP contribution >= 0.6 is 0 Å². The summed E-state index contributed by atoms with van der Waals surface area (Å²) in [5.41, 5.74) is 0.875. The second kappa shape index (κ2) is 13.4. The van der Waals surface area contributed by atoms with Crippen LogP contribution in [0.3, 0.4) is 0 Å². The number of aromatic nitrogens is 1. The van der Waals surface area contributed by atoms with E-state index in [0.717, 1.165) is 5.56 Å². The molecular weight excluding hydrogens is 225 g/mol. The Kier molecular flexibility index (Phi) is 16.6. The highest BCUT2D eigenvalue weighted by Gasteiger charge is 2.07. The molecule has 1 aromatic rings. The Morgan fingerprint density at radius 2 is 1.75 bits per heavy atom. The molecule has 0 spiro atoms. The van der Waals surface area contributed by atoms with Crippen molar-refractivity contribution < 1.29 is 17.7 Å². The van der Waals surface area contributed by atoms with Gasteiger partial charge in [0.2, 0.25) is 0 Å². The van der Waals surface area contributed by atoms with Crippen LogP contribution in [0.15, 0.2) is 18.3 Å². The highest BCUT2D eigenvalue weighted by molar-refractivity contribution is 6.33. The molecule has 0 aliphatic rings. The predicted octanol–water partition coefficient (Wildman–Crippen LogP) is 0.785. The van der Waals surface area contributed by atoms with Gasteiger partial charge >= 0.3 is 13.4 Å². The van der Waals surface area contributed by atoms with E-state index in [2.05, 4.69) is 9.96 Å². The van der Waals surface area contributed by atoms with E-state index in [4.69, 9.17) is 5.39 Å². The molecule has 0 bridgehead atoms. The van der Waals surface area contributed by atoms with Gasteiger partial charge in [0, 0.05) is 4.98 Å². The largest absolute Gasteiger partial charge is 1.00 e. The quantitative estimate of drug-likeness (QED) is 0.380. The van der Waals surface area contributed by atoms with Crippen molar-refractivity contribution in [3.63, 3.8) is 0 Å². The first kappa shape index (κ1) is 19.9. The Balaban J connectivity index is -0.000000209. The van der Waals surface area contributed by atoms with Gasteiger partial charge in [0.05, 0.1) is 11.0 Å². The second-order valence-electron chi connectivity index (χ2n) is 1.99. The highest BCUT2D eigenvalue weighted by atomic mass is 19.4. The maximum Gasteiger partial charge on any atom is 0.762 e. The van der Waals surface area contributed by atoms with Gasteiger partial charge in [0.25, 0.3) is 0 Å². The monoisotopic (exact) mass is 237 g/mol. The molecule has 90 valence electrons. The molecule has 16 heavy (non-hydrogen) atoms. The Bertz CT molecular complexity index is 301. The lowest BCUT2D eigenvalue weighted by atomic mass is 10.3. The van der Waals surface area contributed by atoms with Crippen LogP contribution in [-0.2, 0) is 0 Å². The second-order valence-corrected chi connectivity index (χ2v) is 1.99. The molecule has 0 unspecified atom stereocenters. The van der Waals surface area contributed by atoms with Crippen LogP contribution in [0.5, 0.6) is 0 Å². The van der Waals surface area contributed by atoms with Crippen LogP contribution in [0.25, 0.3) is 4.98 Å². The van der Waals surface area contributed by atoms with Gasteiger partial charge in [-0.3, -0.25) is 12.9 Å². The highest BCUT2D eigenvalue weighted by Crippen LogP contribution is 2.11. The summed E-state index contributed by atoms with van der Waals surface area (Å²) in [5, 5.41) is 8.28. The number of nitrogens with zero attached hydrogens (tertiary/aromatic N) is 3. The van der Waals surface area contributed by atoms with Crippen LogP contribution in [0.1, 0.15) is 19.4 Å². The molecule has 0 radical (unpaired) electrons. The van der Waals surface area contributed by atoms with Gasteiger partial charge in [-0.2, -0.15) is 0 Å². The third-order valence-electron chi connectivity index (χ3n) is 1.08. The summed E-state index contributed by atoms with van der Waals surface area (Å²) in [5.74, 6) is 0.387. The standard InChI is InChI=1S/C6H6N3.C2H6.BF3.FH/c1-5-3-2-4-8-6(5)9-7;1-2;2-1(3)4;/h2-4H,1H3;1-2H3;;1H/q+1;;;/p-1. The van der Waals surface area contributed by atoms with Crippen molar-refractivity contribution in [2.75, 3.05) is 0 Å². The van der Waals surface area contributed by atoms with Gasteiger partial charge in [-0.25, -0.2) is 0 Å². The molecule has 1 rings (SSSR count). The van der Waals surface area contributed by atoms with Crippen LogP contribution in [0, 0.1) is 12.3 Å². The van der Waals surface area contributed by atoms with Gasteiger partial charge in [-0.05, 0) is 24.0 Å². The molecule has 1 aromatic heterocycles. The molecule has 0 aromatic carbocycles. The Hall–Kier alpha value is -1.65. The summed E-state index contributed by atoms with van der Waals surface area (Å²) in [7, 11) is -3.67. The summed E-state index contributed by atoms with van der Waals surface area (Å²) in [6.45, 7) is 5.84. The van der Waals surface area contributed by atoms with Gasteiger partial charge in [0.1, 0.15) is 6.20 Å². The molecule has 1 heterocycles. The maximum absolute atomic E-state index is 9.67. The molecule has 8 heteroatoms. The first-order valence-corrected chi connectivity index (χ1v) is 4.27. The third-order valence-corrected chi connectivity index (χ3v) is 1.08. The van der Waals surface area contributed by atoms with E-state index >= 15 is 0 Å². The molecule has 0 N–H and O–H groups in total. The molecule has 0 fully saturated rings. The number of hydrogen-bond donors (Lipinski definition) is 0. The predicted molar refractivity (Wildman–Crippen MR) is 54.1 cm³/mol. The lowest BCUT2D eigenvalue weighted by Crippen LogP contribution is -3.00. The molecule has 0 saturated heterocycles. The zero-order valence-corrected chi connectivity index (χ0v) is 9.16. The number of aryl methyl sites for hydroxylation is 1. The number of hydrogen-bond acceptors (Lipinski definition) is 2. The summed E-state index contributed by atoms with van der Waals surface area (Å²) in [6.07, 6.45) is 1.59. The maximum atomic E-state index is 9.67. The fourth-order valence-electron chi connectivity index (χ4n) is 0.582. The zero-order chi connectivity index (χ0) is 12.3. The normalized spacial score (nSPS) is 6.81. The fraction of sp³-hybridized carbons (Fsp3) is 0.375. The van der Waals surface area contributed by atoms with Gasteiger partial charge in [0.15, 0.2) is 0 Å². The average Bonchev–Trinajstić information content (AvgIpc) is 2.21. The minimum Gasteiger partial charge on any atom is -1.00 e. The van der Waals surface area contributed by atoms with Crippen LogP contribution < -0.4 is 4.70 Å². The van der Waals surface area contributed by atoms with Crippen LogP contribution in [-0.4, -0.2) is 12.5 Å². The fourth-order valence-corrected chi connectivity index (χ4v) is 0.582. The summed E-state index contributed by atoms with van der Waals surface area (Å²) >= 11 is 0. The van der Waals surface area contributed by atoms with Crippen molar-refractivity contribution >= 4 is 13.4 Å². The third kappa shape index (κ3) is 12.4. The van der Waals surface area contributed by atoms with Crippen molar-refractivity contribution in [2.24, 2.45) is 0 Å². The number of pyridine rings is 1. The van der Waals surface area contributed by atoms with E-state index in [1.54, 1.807) is 12.3 Å².